The van der Waals surface area contributed by atoms with Crippen LogP contribution in [0.2, 0.25) is 0 Å². The zero-order chi connectivity index (χ0) is 27.5. The Kier molecular flexibility index (Phi) is 9.46. The van der Waals surface area contributed by atoms with Gasteiger partial charge in [-0.2, -0.15) is 18.3 Å². The van der Waals surface area contributed by atoms with Gasteiger partial charge in [0, 0.05) is 5.69 Å². The number of furan rings is 1. The molecule has 3 amide bonds. The van der Waals surface area contributed by atoms with E-state index in [0.29, 0.717) is 11.3 Å². The summed E-state index contributed by atoms with van der Waals surface area (Å²) >= 11 is 0. The molecule has 3 N–H and O–H groups in total. The van der Waals surface area contributed by atoms with Gasteiger partial charge in [0.1, 0.15) is 5.76 Å². The van der Waals surface area contributed by atoms with E-state index in [9.17, 15) is 27.6 Å². The molecule has 0 saturated heterocycles. The van der Waals surface area contributed by atoms with Gasteiger partial charge in [0.05, 0.1) is 31.2 Å². The van der Waals surface area contributed by atoms with Crippen LogP contribution in [0.5, 0.6) is 11.5 Å². The second-order valence-electron chi connectivity index (χ2n) is 7.52. The number of amides is 3. The van der Waals surface area contributed by atoms with Crippen molar-refractivity contribution in [2.75, 3.05) is 18.5 Å². The van der Waals surface area contributed by atoms with Crippen molar-refractivity contribution in [2.45, 2.75) is 19.6 Å². The summed E-state index contributed by atoms with van der Waals surface area (Å²) in [6.07, 6.45) is -1.83. The molecule has 13 heteroatoms. The van der Waals surface area contributed by atoms with E-state index in [4.69, 9.17) is 13.9 Å². The van der Waals surface area contributed by atoms with Crippen molar-refractivity contribution in [3.8, 4) is 11.5 Å². The number of hydrogen-bond donors (Lipinski definition) is 3. The van der Waals surface area contributed by atoms with Crippen molar-refractivity contribution in [1.29, 1.82) is 0 Å². The molecule has 2 aromatic carbocycles. The van der Waals surface area contributed by atoms with Crippen LogP contribution in [0.3, 0.4) is 0 Å². The molecule has 0 spiro atoms. The number of nitrogens with one attached hydrogen (secondary N) is 3. The van der Waals surface area contributed by atoms with Crippen LogP contribution in [0.15, 0.2) is 70.4 Å². The summed E-state index contributed by atoms with van der Waals surface area (Å²) in [5, 5.41) is 8.46. The average Bonchev–Trinajstić information content (AvgIpc) is 3.40. The largest absolute Gasteiger partial charge is 0.490 e. The third-order valence-corrected chi connectivity index (χ3v) is 4.69. The van der Waals surface area contributed by atoms with E-state index in [0.717, 1.165) is 12.1 Å². The number of benzene rings is 2. The van der Waals surface area contributed by atoms with E-state index < -0.39 is 36.1 Å². The van der Waals surface area contributed by atoms with Gasteiger partial charge in [0.15, 0.2) is 18.1 Å². The number of carbonyl (C=O) groups is 3. The number of hydrogen-bond acceptors (Lipinski definition) is 7. The number of nitrogens with zero attached hydrogens (tertiary/aromatic N) is 1. The van der Waals surface area contributed by atoms with Gasteiger partial charge in [-0.25, -0.2) is 5.43 Å². The maximum Gasteiger partial charge on any atom is 0.416 e. The van der Waals surface area contributed by atoms with Crippen molar-refractivity contribution >= 4 is 29.6 Å². The van der Waals surface area contributed by atoms with Crippen molar-refractivity contribution in [3.63, 3.8) is 0 Å². The Bertz CT molecular complexity index is 1290. The maximum atomic E-state index is 12.9. The van der Waals surface area contributed by atoms with Crippen LogP contribution in [0.4, 0.5) is 18.9 Å². The van der Waals surface area contributed by atoms with Crippen LogP contribution in [0.1, 0.15) is 23.8 Å². The number of alkyl halides is 3. The molecule has 200 valence electrons. The molecule has 0 aliphatic heterocycles. The number of rotatable bonds is 10. The molecule has 0 aliphatic carbocycles. The Hall–Kier alpha value is -4.81. The Balaban J connectivity index is 1.54. The van der Waals surface area contributed by atoms with Crippen molar-refractivity contribution < 1.29 is 41.4 Å². The van der Waals surface area contributed by atoms with Gasteiger partial charge in [-0.15, -0.1) is 0 Å². The molecule has 38 heavy (non-hydrogen) atoms. The molecule has 0 fully saturated rings. The van der Waals surface area contributed by atoms with Gasteiger partial charge in [-0.3, -0.25) is 14.4 Å². The molecular weight excluding hydrogens is 509 g/mol. The summed E-state index contributed by atoms with van der Waals surface area (Å²) in [7, 11) is 0. The molecule has 0 atom stereocenters. The lowest BCUT2D eigenvalue weighted by atomic mass is 10.2. The Morgan fingerprint density at radius 2 is 1.82 bits per heavy atom. The summed E-state index contributed by atoms with van der Waals surface area (Å²) in [5.41, 5.74) is 1.66. The lowest BCUT2D eigenvalue weighted by Crippen LogP contribution is -2.37. The maximum absolute atomic E-state index is 12.9. The van der Waals surface area contributed by atoms with Crippen LogP contribution in [-0.4, -0.2) is 37.1 Å². The van der Waals surface area contributed by atoms with Crippen LogP contribution in [0, 0.1) is 0 Å². The number of carbonyl (C=O) groups excluding carboxylic acids is 3. The predicted molar refractivity (Wildman–Crippen MR) is 129 cm³/mol. The van der Waals surface area contributed by atoms with Crippen LogP contribution in [-0.2, 0) is 27.1 Å². The number of hydrazone groups is 1. The highest BCUT2D eigenvalue weighted by Crippen LogP contribution is 2.31. The molecule has 10 nitrogen and oxygen atoms in total. The number of ether oxygens (including phenoxy) is 2. The zero-order valence-electron chi connectivity index (χ0n) is 20.0. The van der Waals surface area contributed by atoms with Gasteiger partial charge >= 0.3 is 18.0 Å². The molecule has 3 rings (SSSR count). The van der Waals surface area contributed by atoms with E-state index in [2.05, 4.69) is 21.2 Å². The third kappa shape index (κ3) is 8.40. The normalized spacial score (nSPS) is 11.2. The standard InChI is InChI=1S/C25H23F3N4O6/c1-2-36-21-11-16(13-30-32-24(35)23(34)29-14-19-7-4-10-37-19)8-9-20(21)38-15-22(33)31-18-6-3-5-17(12-18)25(26,27)28/h3-13H,2,14-15H2,1H3,(H,29,34)(H,31,33)(H,32,35)/b30-13-. The van der Waals surface area contributed by atoms with E-state index in [1.807, 2.05) is 0 Å². The fourth-order valence-electron chi connectivity index (χ4n) is 2.98. The molecule has 0 saturated carbocycles. The molecule has 0 radical (unpaired) electrons. The number of halogens is 3. The van der Waals surface area contributed by atoms with Gasteiger partial charge in [-0.1, -0.05) is 6.07 Å². The quantitative estimate of drug-likeness (QED) is 0.208. The first-order valence-electron chi connectivity index (χ1n) is 11.2. The van der Waals surface area contributed by atoms with Crippen molar-refractivity contribution in [3.05, 3.63) is 77.7 Å². The van der Waals surface area contributed by atoms with Gasteiger partial charge < -0.3 is 24.5 Å². The van der Waals surface area contributed by atoms with Crippen molar-refractivity contribution in [2.24, 2.45) is 5.10 Å². The summed E-state index contributed by atoms with van der Waals surface area (Å²) < 4.78 is 54.6. The smallest absolute Gasteiger partial charge is 0.416 e. The van der Waals surface area contributed by atoms with Crippen LogP contribution in [0.25, 0.3) is 0 Å². The lowest BCUT2D eigenvalue weighted by molar-refractivity contribution is -0.139. The van der Waals surface area contributed by atoms with E-state index in [1.54, 1.807) is 25.1 Å². The second kappa shape index (κ2) is 12.9. The molecule has 0 aliphatic rings. The average molecular weight is 532 g/mol. The topological polar surface area (TPSA) is 131 Å². The summed E-state index contributed by atoms with van der Waals surface area (Å²) in [4.78, 5) is 35.9. The fraction of sp³-hybridized carbons (Fsp3) is 0.200. The zero-order valence-corrected chi connectivity index (χ0v) is 20.0. The summed E-state index contributed by atoms with van der Waals surface area (Å²) in [6, 6.07) is 12.1. The molecule has 1 heterocycles. The highest BCUT2D eigenvalue weighted by molar-refractivity contribution is 6.35. The minimum Gasteiger partial charge on any atom is -0.490 e. The Morgan fingerprint density at radius 1 is 1.00 bits per heavy atom. The first-order chi connectivity index (χ1) is 18.2. The van der Waals surface area contributed by atoms with Crippen LogP contribution >= 0.6 is 0 Å². The molecule has 3 aromatic rings. The first kappa shape index (κ1) is 27.8. The highest BCUT2D eigenvalue weighted by Gasteiger charge is 2.30. The molecular formula is C25H23F3N4O6. The van der Waals surface area contributed by atoms with E-state index in [-0.39, 0.29) is 30.3 Å². The molecule has 1 aromatic heterocycles. The minimum absolute atomic E-state index is 0.0262. The minimum atomic E-state index is -4.54. The molecule has 0 bridgehead atoms. The van der Waals surface area contributed by atoms with Crippen LogP contribution < -0.4 is 25.5 Å². The third-order valence-electron chi connectivity index (χ3n) is 4.69. The highest BCUT2D eigenvalue weighted by atomic mass is 19.4. The summed E-state index contributed by atoms with van der Waals surface area (Å²) in [6.45, 7) is 1.54. The monoisotopic (exact) mass is 532 g/mol. The van der Waals surface area contributed by atoms with Crippen molar-refractivity contribution in [1.82, 2.24) is 10.7 Å². The second-order valence-corrected chi connectivity index (χ2v) is 7.52. The fourth-order valence-corrected chi connectivity index (χ4v) is 2.98. The molecule has 0 unspecified atom stereocenters. The predicted octanol–water partition coefficient (Wildman–Crippen LogP) is 3.48. The van der Waals surface area contributed by atoms with E-state index in [1.165, 1.54) is 36.7 Å². The van der Waals surface area contributed by atoms with Gasteiger partial charge in [-0.05, 0) is 61.0 Å². The van der Waals surface area contributed by atoms with E-state index >= 15 is 0 Å². The Labute approximate surface area is 214 Å². The SMILES string of the molecule is CCOc1cc(/C=N\NC(=O)C(=O)NCc2ccco2)ccc1OCC(=O)Nc1cccc(C(F)(F)F)c1. The summed E-state index contributed by atoms with van der Waals surface area (Å²) in [5.74, 6) is -1.63. The lowest BCUT2D eigenvalue weighted by Gasteiger charge is -2.13. The Morgan fingerprint density at radius 3 is 2.53 bits per heavy atom. The number of anilines is 1. The van der Waals surface area contributed by atoms with Gasteiger partial charge in [0.2, 0.25) is 0 Å². The van der Waals surface area contributed by atoms with Gasteiger partial charge in [0.25, 0.3) is 5.91 Å². The first-order valence-corrected chi connectivity index (χ1v) is 11.2.